The highest BCUT2D eigenvalue weighted by molar-refractivity contribution is 7.21. The molecule has 0 atom stereocenters. The number of nitrogens with zero attached hydrogens (tertiary/aromatic N) is 2. The number of hydrogen-bond donors (Lipinski definition) is 2. The molecule has 3 aromatic heterocycles. The number of aromatic hydroxyl groups is 2. The third-order valence-corrected chi connectivity index (χ3v) is 7.44. The highest BCUT2D eigenvalue weighted by atomic mass is 35.5. The van der Waals surface area contributed by atoms with E-state index in [9.17, 15) is 15.0 Å². The lowest BCUT2D eigenvalue weighted by Gasteiger charge is -2.10. The summed E-state index contributed by atoms with van der Waals surface area (Å²) in [5, 5.41) is 23.0. The molecule has 182 valence electrons. The number of carbonyl (C=O) groups excluding carboxylic acids is 1. The van der Waals surface area contributed by atoms with Gasteiger partial charge in [0, 0.05) is 0 Å². The molecule has 6 rings (SSSR count). The number of aryl methyl sites for hydroxylation is 1. The molecule has 6 aromatic rings. The van der Waals surface area contributed by atoms with Gasteiger partial charge in [-0.25, -0.2) is 4.98 Å². The maximum absolute atomic E-state index is 13.6. The summed E-state index contributed by atoms with van der Waals surface area (Å²) in [6.45, 7) is 1.73. The Morgan fingerprint density at radius 2 is 1.59 bits per heavy atom. The summed E-state index contributed by atoms with van der Waals surface area (Å²) >= 11 is 7.64. The normalized spacial score (nSPS) is 11.3. The molecule has 3 heterocycles. The topological polar surface area (TPSA) is 88.5 Å². The molecular weight excluding hydrogens is 508 g/mol. The van der Waals surface area contributed by atoms with Crippen LogP contribution in [0.25, 0.3) is 37.7 Å². The fraction of sp³-hybridized carbons (Fsp3) is 0.0345. The number of carbonyl (C=O) groups is 1. The highest BCUT2D eigenvalue weighted by Gasteiger charge is 2.32. The molecule has 0 aliphatic carbocycles. The summed E-state index contributed by atoms with van der Waals surface area (Å²) in [5.74, 6) is -0.989. The number of furan rings is 1. The van der Waals surface area contributed by atoms with Gasteiger partial charge in [0.05, 0.1) is 21.0 Å². The quantitative estimate of drug-likeness (QED) is 0.225. The van der Waals surface area contributed by atoms with Crippen molar-refractivity contribution >= 4 is 38.9 Å². The zero-order chi connectivity index (χ0) is 25.7. The molecule has 8 heteroatoms. The Bertz CT molecular complexity index is 1780. The molecule has 0 unspecified atom stereocenters. The summed E-state index contributed by atoms with van der Waals surface area (Å²) in [4.78, 5) is 18.2. The third kappa shape index (κ3) is 3.89. The molecule has 0 radical (unpaired) electrons. The number of ketones is 1. The Hall–Kier alpha value is -4.33. The maximum atomic E-state index is 13.6. The average molecular weight is 527 g/mol. The first-order valence-corrected chi connectivity index (χ1v) is 12.6. The Morgan fingerprint density at radius 3 is 2.27 bits per heavy atom. The van der Waals surface area contributed by atoms with Gasteiger partial charge in [0.15, 0.2) is 16.6 Å². The Morgan fingerprint density at radius 1 is 0.892 bits per heavy atom. The van der Waals surface area contributed by atoms with E-state index in [1.807, 2.05) is 66.7 Å². The van der Waals surface area contributed by atoms with Gasteiger partial charge in [0.1, 0.15) is 11.3 Å². The van der Waals surface area contributed by atoms with Crippen molar-refractivity contribution in [1.82, 2.24) is 9.55 Å². The van der Waals surface area contributed by atoms with Gasteiger partial charge in [-0.05, 0) is 47.9 Å². The first kappa shape index (κ1) is 23.1. The Kier molecular flexibility index (Phi) is 5.59. The first-order valence-electron chi connectivity index (χ1n) is 11.4. The number of rotatable bonds is 5. The van der Waals surface area contributed by atoms with Gasteiger partial charge in [-0.15, -0.1) is 0 Å². The molecule has 3 aromatic carbocycles. The third-order valence-electron chi connectivity index (χ3n) is 6.13. The molecule has 0 saturated heterocycles. The van der Waals surface area contributed by atoms with Crippen molar-refractivity contribution in [2.75, 3.05) is 0 Å². The smallest absolute Gasteiger partial charge is 0.242 e. The van der Waals surface area contributed by atoms with Crippen LogP contribution >= 0.6 is 22.9 Å². The summed E-state index contributed by atoms with van der Waals surface area (Å²) in [6, 6.07) is 26.1. The SMILES string of the molecule is Cc1ccc(C(=O)c2c(O)c(O)n(-c3nc4c(Cl)cccc4s3)c2-c2ccc(-c3ccccc3)cc2)o1. The number of thiazole rings is 1. The standard InChI is InChI=1S/C29H19ClN2O4S/c1-16-10-15-21(36-16)26(33)23-25(19-13-11-18(12-14-19)17-6-3-2-4-7-17)32(28(35)27(23)34)29-31-24-20(30)8-5-9-22(24)37-29/h2-15,34-35H,1H3. The van der Waals surface area contributed by atoms with E-state index >= 15 is 0 Å². The second kappa shape index (κ2) is 8.96. The van der Waals surface area contributed by atoms with E-state index in [0.29, 0.717) is 32.7 Å². The van der Waals surface area contributed by atoms with Crippen LogP contribution in [0.1, 0.15) is 21.9 Å². The van der Waals surface area contributed by atoms with Gasteiger partial charge < -0.3 is 14.6 Å². The number of aromatic nitrogens is 2. The molecule has 0 spiro atoms. The van der Waals surface area contributed by atoms with Gasteiger partial charge in [-0.2, -0.15) is 0 Å². The van der Waals surface area contributed by atoms with Crippen molar-refractivity contribution < 1.29 is 19.4 Å². The van der Waals surface area contributed by atoms with Crippen LogP contribution in [-0.4, -0.2) is 25.5 Å². The van der Waals surface area contributed by atoms with Gasteiger partial charge >= 0.3 is 0 Å². The fourth-order valence-corrected chi connectivity index (χ4v) is 5.63. The molecule has 37 heavy (non-hydrogen) atoms. The average Bonchev–Trinajstić information content (AvgIpc) is 3.61. The minimum Gasteiger partial charge on any atom is -0.503 e. The van der Waals surface area contributed by atoms with Gasteiger partial charge in [0.2, 0.25) is 11.7 Å². The fourth-order valence-electron chi connectivity index (χ4n) is 4.35. The van der Waals surface area contributed by atoms with E-state index < -0.39 is 17.4 Å². The van der Waals surface area contributed by atoms with Crippen LogP contribution in [0.5, 0.6) is 11.6 Å². The van der Waals surface area contributed by atoms with Crippen molar-refractivity contribution in [3.63, 3.8) is 0 Å². The second-order valence-electron chi connectivity index (χ2n) is 8.50. The van der Waals surface area contributed by atoms with E-state index in [1.165, 1.54) is 15.9 Å². The van der Waals surface area contributed by atoms with Crippen molar-refractivity contribution in [2.24, 2.45) is 0 Å². The zero-order valence-electron chi connectivity index (χ0n) is 19.5. The molecule has 6 nitrogen and oxygen atoms in total. The largest absolute Gasteiger partial charge is 0.503 e. The monoisotopic (exact) mass is 526 g/mol. The lowest BCUT2D eigenvalue weighted by atomic mass is 9.99. The minimum atomic E-state index is -0.555. The number of hydrogen-bond acceptors (Lipinski definition) is 6. The molecule has 2 N–H and O–H groups in total. The maximum Gasteiger partial charge on any atom is 0.242 e. The van der Waals surface area contributed by atoms with Crippen molar-refractivity contribution in [2.45, 2.75) is 6.92 Å². The van der Waals surface area contributed by atoms with Crippen LogP contribution in [0.3, 0.4) is 0 Å². The first-order chi connectivity index (χ1) is 17.9. The molecule has 0 aliphatic heterocycles. The van der Waals surface area contributed by atoms with Crippen molar-refractivity contribution in [3.8, 4) is 39.1 Å². The van der Waals surface area contributed by atoms with Crippen LogP contribution < -0.4 is 0 Å². The summed E-state index contributed by atoms with van der Waals surface area (Å²) in [7, 11) is 0. The van der Waals surface area contributed by atoms with Crippen LogP contribution in [0.4, 0.5) is 0 Å². The van der Waals surface area contributed by atoms with Gasteiger partial charge in [0.25, 0.3) is 0 Å². The summed E-state index contributed by atoms with van der Waals surface area (Å²) in [6.07, 6.45) is 0. The number of benzene rings is 3. The lowest BCUT2D eigenvalue weighted by molar-refractivity contribution is 0.101. The van der Waals surface area contributed by atoms with Gasteiger partial charge in [-0.3, -0.25) is 9.36 Å². The molecule has 0 saturated carbocycles. The molecule has 0 amide bonds. The van der Waals surface area contributed by atoms with Crippen molar-refractivity contribution in [3.05, 3.63) is 107 Å². The predicted octanol–water partition coefficient (Wildman–Crippen LogP) is 7.62. The van der Waals surface area contributed by atoms with Crippen LogP contribution in [0.2, 0.25) is 5.02 Å². The van der Waals surface area contributed by atoms with Crippen LogP contribution in [-0.2, 0) is 0 Å². The highest BCUT2D eigenvalue weighted by Crippen LogP contribution is 2.46. The van der Waals surface area contributed by atoms with E-state index in [4.69, 9.17) is 16.0 Å². The van der Waals surface area contributed by atoms with Gasteiger partial charge in [-0.1, -0.05) is 83.6 Å². The van der Waals surface area contributed by atoms with E-state index in [0.717, 1.165) is 15.8 Å². The lowest BCUT2D eigenvalue weighted by Crippen LogP contribution is -2.04. The second-order valence-corrected chi connectivity index (χ2v) is 9.91. The molecule has 0 bridgehead atoms. The predicted molar refractivity (Wildman–Crippen MR) is 145 cm³/mol. The summed E-state index contributed by atoms with van der Waals surface area (Å²) < 4.78 is 7.75. The Labute approximate surface area is 220 Å². The van der Waals surface area contributed by atoms with E-state index in [1.54, 1.807) is 25.1 Å². The van der Waals surface area contributed by atoms with E-state index in [2.05, 4.69) is 4.98 Å². The Balaban J connectivity index is 1.59. The number of fused-ring (bicyclic) bond motifs is 1. The van der Waals surface area contributed by atoms with Crippen LogP contribution in [0, 0.1) is 6.92 Å². The van der Waals surface area contributed by atoms with Crippen LogP contribution in [0.15, 0.2) is 89.3 Å². The minimum absolute atomic E-state index is 0.0550. The number of para-hydroxylation sites is 1. The number of halogens is 1. The van der Waals surface area contributed by atoms with E-state index in [-0.39, 0.29) is 11.3 Å². The molecular formula is C29H19ClN2O4S. The van der Waals surface area contributed by atoms with Crippen molar-refractivity contribution in [1.29, 1.82) is 0 Å². The molecule has 0 aliphatic rings. The summed E-state index contributed by atoms with van der Waals surface area (Å²) in [5.41, 5.74) is 3.41. The zero-order valence-corrected chi connectivity index (χ0v) is 21.0. The molecule has 0 fully saturated rings.